The Morgan fingerprint density at radius 2 is 1.50 bits per heavy atom. The second-order valence-corrected chi connectivity index (χ2v) is 7.75. The lowest BCUT2D eigenvalue weighted by atomic mass is 9.89. The van der Waals surface area contributed by atoms with Crippen molar-refractivity contribution >= 4 is 17.5 Å². The third-order valence-corrected chi connectivity index (χ3v) is 4.67. The highest BCUT2D eigenvalue weighted by atomic mass is 16.2. The van der Waals surface area contributed by atoms with Crippen molar-refractivity contribution in [3.05, 3.63) is 66.2 Å². The quantitative estimate of drug-likeness (QED) is 0.536. The highest BCUT2D eigenvalue weighted by molar-refractivity contribution is 6.10. The molecule has 0 bridgehead atoms. The van der Waals surface area contributed by atoms with E-state index in [0.29, 0.717) is 13.1 Å². The summed E-state index contributed by atoms with van der Waals surface area (Å²) in [7, 11) is 3.99. The van der Waals surface area contributed by atoms with E-state index in [1.54, 1.807) is 18.7 Å². The van der Waals surface area contributed by atoms with Crippen LogP contribution in [0.3, 0.4) is 0 Å². The first-order chi connectivity index (χ1) is 13.3. The van der Waals surface area contributed by atoms with Crippen LogP contribution in [0.15, 0.2) is 60.7 Å². The molecule has 0 fully saturated rings. The number of amides is 2. The largest absolute Gasteiger partial charge is 0.355 e. The van der Waals surface area contributed by atoms with Gasteiger partial charge in [0.2, 0.25) is 11.8 Å². The zero-order valence-corrected chi connectivity index (χ0v) is 17.3. The maximum absolute atomic E-state index is 13.4. The van der Waals surface area contributed by atoms with Crippen molar-refractivity contribution in [2.75, 3.05) is 32.1 Å². The molecule has 5 nitrogen and oxygen atoms in total. The van der Waals surface area contributed by atoms with E-state index in [1.807, 2.05) is 74.8 Å². The first kappa shape index (κ1) is 21.6. The van der Waals surface area contributed by atoms with E-state index in [4.69, 9.17) is 0 Å². The van der Waals surface area contributed by atoms with E-state index in [-0.39, 0.29) is 11.8 Å². The van der Waals surface area contributed by atoms with Gasteiger partial charge >= 0.3 is 0 Å². The van der Waals surface area contributed by atoms with Crippen LogP contribution in [0.2, 0.25) is 0 Å². The number of benzene rings is 2. The number of anilines is 1. The molecule has 2 aromatic carbocycles. The molecule has 150 valence electrons. The molecule has 0 atom stereocenters. The van der Waals surface area contributed by atoms with Gasteiger partial charge in [0.05, 0.1) is 6.54 Å². The van der Waals surface area contributed by atoms with Crippen molar-refractivity contribution in [1.82, 2.24) is 10.2 Å². The van der Waals surface area contributed by atoms with E-state index in [2.05, 4.69) is 10.2 Å². The molecule has 0 saturated carbocycles. The molecule has 0 radical (unpaired) electrons. The molecule has 0 heterocycles. The lowest BCUT2D eigenvalue weighted by Gasteiger charge is -2.31. The molecule has 0 aliphatic carbocycles. The van der Waals surface area contributed by atoms with E-state index < -0.39 is 5.41 Å². The van der Waals surface area contributed by atoms with Gasteiger partial charge in [-0.15, -0.1) is 0 Å². The topological polar surface area (TPSA) is 52.7 Å². The number of rotatable bonds is 9. The molecule has 5 heteroatoms. The monoisotopic (exact) mass is 381 g/mol. The zero-order valence-electron chi connectivity index (χ0n) is 17.3. The molecular formula is C23H31N3O2. The summed E-state index contributed by atoms with van der Waals surface area (Å²) >= 11 is 0. The summed E-state index contributed by atoms with van der Waals surface area (Å²) in [5, 5.41) is 2.92. The maximum atomic E-state index is 13.4. The minimum absolute atomic E-state index is 0.215. The minimum Gasteiger partial charge on any atom is -0.355 e. The molecule has 2 aromatic rings. The smallest absolute Gasteiger partial charge is 0.242 e. The van der Waals surface area contributed by atoms with Crippen LogP contribution in [0.5, 0.6) is 0 Å². The van der Waals surface area contributed by atoms with Gasteiger partial charge in [-0.3, -0.25) is 9.59 Å². The Morgan fingerprint density at radius 1 is 0.929 bits per heavy atom. The van der Waals surface area contributed by atoms with Crippen LogP contribution >= 0.6 is 0 Å². The molecule has 2 rings (SSSR count). The van der Waals surface area contributed by atoms with Gasteiger partial charge in [-0.25, -0.2) is 0 Å². The molecule has 0 saturated heterocycles. The van der Waals surface area contributed by atoms with Crippen LogP contribution in [-0.4, -0.2) is 43.9 Å². The van der Waals surface area contributed by atoms with Crippen molar-refractivity contribution in [1.29, 1.82) is 0 Å². The molecule has 2 amide bonds. The third-order valence-electron chi connectivity index (χ3n) is 4.67. The van der Waals surface area contributed by atoms with Crippen LogP contribution in [0.25, 0.3) is 0 Å². The Hall–Kier alpha value is -2.66. The summed E-state index contributed by atoms with van der Waals surface area (Å²) in [4.78, 5) is 29.9. The fourth-order valence-corrected chi connectivity index (χ4v) is 2.91. The summed E-state index contributed by atoms with van der Waals surface area (Å²) in [6.45, 7) is 5.24. The van der Waals surface area contributed by atoms with E-state index in [0.717, 1.165) is 24.2 Å². The highest BCUT2D eigenvalue weighted by Gasteiger charge is 2.39. The van der Waals surface area contributed by atoms with Crippen molar-refractivity contribution < 1.29 is 9.59 Å². The summed E-state index contributed by atoms with van der Waals surface area (Å²) in [6, 6.07) is 19.3. The lowest BCUT2D eigenvalue weighted by molar-refractivity contribution is -0.139. The second-order valence-electron chi connectivity index (χ2n) is 7.75. The lowest BCUT2D eigenvalue weighted by Crippen LogP contribution is -2.49. The number of nitrogens with one attached hydrogen (secondary N) is 1. The predicted molar refractivity (Wildman–Crippen MR) is 114 cm³/mol. The average molecular weight is 382 g/mol. The van der Waals surface area contributed by atoms with Crippen molar-refractivity contribution in [2.24, 2.45) is 5.41 Å². The van der Waals surface area contributed by atoms with Crippen LogP contribution in [0.4, 0.5) is 5.69 Å². The van der Waals surface area contributed by atoms with Crippen LogP contribution in [-0.2, 0) is 16.1 Å². The standard InChI is InChI=1S/C23H31N3O2/c1-23(2,21(27)24-16-11-17-25(3)4)22(28)26(20-14-9-6-10-15-20)18-19-12-7-5-8-13-19/h5-10,12-15H,11,16-18H2,1-4H3,(H,24,27). The van der Waals surface area contributed by atoms with Crippen LogP contribution < -0.4 is 10.2 Å². The fourth-order valence-electron chi connectivity index (χ4n) is 2.91. The summed E-state index contributed by atoms with van der Waals surface area (Å²) < 4.78 is 0. The molecule has 1 N–H and O–H groups in total. The van der Waals surface area contributed by atoms with Gasteiger partial charge in [0, 0.05) is 12.2 Å². The zero-order chi connectivity index (χ0) is 20.6. The molecule has 0 unspecified atom stereocenters. The number of nitrogens with zero attached hydrogens (tertiary/aromatic N) is 2. The summed E-state index contributed by atoms with van der Waals surface area (Å²) in [6.07, 6.45) is 0.843. The Labute approximate surface area is 168 Å². The number of carbonyl (C=O) groups is 2. The molecular weight excluding hydrogens is 350 g/mol. The van der Waals surface area contributed by atoms with Gasteiger partial charge in [0.15, 0.2) is 0 Å². The summed E-state index contributed by atoms with van der Waals surface area (Å²) in [5.74, 6) is -0.460. The normalized spacial score (nSPS) is 11.3. The second kappa shape index (κ2) is 10.0. The average Bonchev–Trinajstić information content (AvgIpc) is 2.70. The summed E-state index contributed by atoms with van der Waals surface area (Å²) in [5.41, 5.74) is 0.634. The minimum atomic E-state index is -1.16. The SMILES string of the molecule is CN(C)CCCNC(=O)C(C)(C)C(=O)N(Cc1ccccc1)c1ccccc1. The van der Waals surface area contributed by atoms with Crippen LogP contribution in [0, 0.1) is 5.41 Å². The Balaban J connectivity index is 2.16. The Bertz CT molecular complexity index is 758. The molecule has 28 heavy (non-hydrogen) atoms. The van der Waals surface area contributed by atoms with Gasteiger partial charge in [-0.2, -0.15) is 0 Å². The number of carbonyl (C=O) groups excluding carboxylic acids is 2. The van der Waals surface area contributed by atoms with Gasteiger partial charge in [0.25, 0.3) is 0 Å². The Morgan fingerprint density at radius 3 is 2.07 bits per heavy atom. The first-order valence-corrected chi connectivity index (χ1v) is 9.66. The molecule has 0 aliphatic heterocycles. The van der Waals surface area contributed by atoms with Gasteiger partial charge < -0.3 is 15.1 Å². The van der Waals surface area contributed by atoms with Crippen molar-refractivity contribution in [3.63, 3.8) is 0 Å². The molecule has 0 aliphatic rings. The first-order valence-electron chi connectivity index (χ1n) is 9.66. The van der Waals surface area contributed by atoms with Gasteiger partial charge in [0.1, 0.15) is 5.41 Å². The van der Waals surface area contributed by atoms with E-state index >= 15 is 0 Å². The van der Waals surface area contributed by atoms with Crippen molar-refractivity contribution in [2.45, 2.75) is 26.8 Å². The van der Waals surface area contributed by atoms with Gasteiger partial charge in [-0.1, -0.05) is 48.5 Å². The fraction of sp³-hybridized carbons (Fsp3) is 0.391. The van der Waals surface area contributed by atoms with Crippen molar-refractivity contribution in [3.8, 4) is 0 Å². The molecule has 0 spiro atoms. The van der Waals surface area contributed by atoms with E-state index in [9.17, 15) is 9.59 Å². The van der Waals surface area contributed by atoms with E-state index in [1.165, 1.54) is 0 Å². The van der Waals surface area contributed by atoms with Gasteiger partial charge in [-0.05, 0) is 58.6 Å². The van der Waals surface area contributed by atoms with Crippen LogP contribution in [0.1, 0.15) is 25.8 Å². The maximum Gasteiger partial charge on any atom is 0.242 e. The number of para-hydroxylation sites is 1. The number of hydrogen-bond donors (Lipinski definition) is 1. The predicted octanol–water partition coefficient (Wildman–Crippen LogP) is 3.31. The Kier molecular flexibility index (Phi) is 7.76. The number of hydrogen-bond acceptors (Lipinski definition) is 3. The highest BCUT2D eigenvalue weighted by Crippen LogP contribution is 2.26. The molecule has 0 aromatic heterocycles. The third kappa shape index (κ3) is 5.92.